The second-order valence-electron chi connectivity index (χ2n) is 10.1. The molecule has 35 heavy (non-hydrogen) atoms. The van der Waals surface area contributed by atoms with Crippen LogP contribution in [0, 0.1) is 5.92 Å². The first-order valence-corrected chi connectivity index (χ1v) is 12.3. The number of nitrogens with zero attached hydrogens (tertiary/aromatic N) is 1. The van der Waals surface area contributed by atoms with Crippen molar-refractivity contribution in [2.45, 2.75) is 62.7 Å². The van der Waals surface area contributed by atoms with Crippen molar-refractivity contribution in [3.05, 3.63) is 53.1 Å². The highest BCUT2D eigenvalue weighted by Crippen LogP contribution is 2.63. The molecule has 2 bridgehead atoms. The largest absolute Gasteiger partial charge is 0.496 e. The van der Waals surface area contributed by atoms with Crippen LogP contribution in [0.25, 0.3) is 0 Å². The van der Waals surface area contributed by atoms with Gasteiger partial charge in [0.15, 0.2) is 17.5 Å². The fourth-order valence-corrected chi connectivity index (χ4v) is 7.03. The molecule has 182 valence electrons. The number of esters is 2. The van der Waals surface area contributed by atoms with Gasteiger partial charge in [-0.05, 0) is 30.5 Å². The Hall–Kier alpha value is -3.35. The molecule has 2 aromatic rings. The highest BCUT2D eigenvalue weighted by atomic mass is 16.6. The highest BCUT2D eigenvalue weighted by Gasteiger charge is 2.67. The summed E-state index contributed by atoms with van der Waals surface area (Å²) in [5, 5.41) is 0. The summed E-state index contributed by atoms with van der Waals surface area (Å²) in [5.74, 6) is 1.49. The van der Waals surface area contributed by atoms with E-state index in [1.165, 1.54) is 12.5 Å². The molecule has 7 nitrogen and oxygen atoms in total. The van der Waals surface area contributed by atoms with Gasteiger partial charge in [-0.3, -0.25) is 9.59 Å². The van der Waals surface area contributed by atoms with Gasteiger partial charge in [0.25, 0.3) is 0 Å². The van der Waals surface area contributed by atoms with Crippen molar-refractivity contribution in [2.75, 3.05) is 14.2 Å². The minimum atomic E-state index is -0.380. The van der Waals surface area contributed by atoms with Gasteiger partial charge in [0.05, 0.1) is 18.9 Å². The topological polar surface area (TPSA) is 74.1 Å². The third-order valence-corrected chi connectivity index (χ3v) is 8.38. The lowest BCUT2D eigenvalue weighted by Gasteiger charge is -2.52. The van der Waals surface area contributed by atoms with E-state index >= 15 is 0 Å². The predicted octanol–water partition coefficient (Wildman–Crippen LogP) is 3.23. The lowest BCUT2D eigenvalue weighted by molar-refractivity contribution is -0.556. The Labute approximate surface area is 204 Å². The molecule has 2 aliphatic heterocycles. The Bertz CT molecular complexity index is 1250. The number of methoxy groups -OCH3 is 1. The summed E-state index contributed by atoms with van der Waals surface area (Å²) in [5.41, 5.74) is 2.90. The number of hydrogen-bond acceptors (Lipinski definition) is 6. The van der Waals surface area contributed by atoms with Crippen LogP contribution in [0.1, 0.15) is 42.9 Å². The van der Waals surface area contributed by atoms with Gasteiger partial charge in [-0.25, -0.2) is 4.58 Å². The van der Waals surface area contributed by atoms with Gasteiger partial charge in [0.2, 0.25) is 0 Å². The fraction of sp³-hybridized carbons (Fsp3) is 0.464. The van der Waals surface area contributed by atoms with Gasteiger partial charge in [-0.1, -0.05) is 24.3 Å². The number of hydrogen-bond donors (Lipinski definition) is 0. The van der Waals surface area contributed by atoms with Crippen LogP contribution in [0.3, 0.4) is 0 Å². The summed E-state index contributed by atoms with van der Waals surface area (Å²) in [6, 6.07) is 11.8. The van der Waals surface area contributed by atoms with Crippen LogP contribution in [-0.2, 0) is 32.6 Å². The number of benzene rings is 2. The van der Waals surface area contributed by atoms with E-state index in [2.05, 4.69) is 23.9 Å². The number of para-hydroxylation sites is 1. The molecule has 1 saturated carbocycles. The predicted molar refractivity (Wildman–Crippen MR) is 128 cm³/mol. The zero-order valence-electron chi connectivity index (χ0n) is 20.3. The van der Waals surface area contributed by atoms with E-state index in [0.717, 1.165) is 36.8 Å². The third-order valence-electron chi connectivity index (χ3n) is 8.38. The van der Waals surface area contributed by atoms with Crippen molar-refractivity contribution in [1.82, 2.24) is 0 Å². The molecule has 2 aromatic carbocycles. The molecule has 2 heterocycles. The Kier molecular flexibility index (Phi) is 5.13. The number of ether oxygens (including phenoxy) is 4. The summed E-state index contributed by atoms with van der Waals surface area (Å²) < 4.78 is 26.1. The van der Waals surface area contributed by atoms with E-state index < -0.39 is 0 Å². The molecule has 1 fully saturated rings. The van der Waals surface area contributed by atoms with Crippen molar-refractivity contribution >= 4 is 18.2 Å². The van der Waals surface area contributed by atoms with Crippen molar-refractivity contribution < 1.29 is 33.1 Å². The monoisotopic (exact) mass is 476 g/mol. The molecular formula is C28H30NO6+. The molecule has 6 rings (SSSR count). The Morgan fingerprint density at radius 2 is 1.97 bits per heavy atom. The maximum Gasteiger partial charge on any atom is 0.310 e. The normalized spacial score (nSPS) is 29.4. The average molecular weight is 477 g/mol. The van der Waals surface area contributed by atoms with E-state index in [0.29, 0.717) is 29.2 Å². The average Bonchev–Trinajstić information content (AvgIpc) is 3.19. The molecule has 4 aliphatic rings. The standard InChI is InChI=1S/C28H30NO6/c1-16(30)33-22-10-8-18-14-20-19-9-11-23(34-24(31)15-17-6-4-5-7-21(17)32-3)27-28(19,12-13-29(20)2)25(18)26(22)35-27/h4-8,10,13,19-20,23,27H,9,11-12,14-15H2,1-3H3/q+1/t19-,20+,23-,27-,28-/m0/s1. The van der Waals surface area contributed by atoms with Crippen molar-refractivity contribution in [3.63, 3.8) is 0 Å². The minimum absolute atomic E-state index is 0.137. The van der Waals surface area contributed by atoms with Gasteiger partial charge in [0.1, 0.15) is 31.2 Å². The molecule has 0 radical (unpaired) electrons. The minimum Gasteiger partial charge on any atom is -0.496 e. The van der Waals surface area contributed by atoms with E-state index in [1.807, 2.05) is 30.3 Å². The van der Waals surface area contributed by atoms with Gasteiger partial charge in [-0.15, -0.1) is 0 Å². The first-order valence-electron chi connectivity index (χ1n) is 12.3. The molecule has 1 spiro atoms. The van der Waals surface area contributed by atoms with Crippen LogP contribution in [0.2, 0.25) is 0 Å². The highest BCUT2D eigenvalue weighted by molar-refractivity contribution is 5.75. The van der Waals surface area contributed by atoms with Crippen LogP contribution in [-0.4, -0.2) is 55.1 Å². The summed E-state index contributed by atoms with van der Waals surface area (Å²) in [6.45, 7) is 1.40. The lowest BCUT2D eigenvalue weighted by atomic mass is 9.52. The summed E-state index contributed by atoms with van der Waals surface area (Å²) in [7, 11) is 3.75. The van der Waals surface area contributed by atoms with E-state index in [-0.39, 0.29) is 36.0 Å². The molecule has 7 heteroatoms. The first-order chi connectivity index (χ1) is 16.9. The van der Waals surface area contributed by atoms with Crippen molar-refractivity contribution in [3.8, 4) is 17.2 Å². The molecule has 0 unspecified atom stereocenters. The van der Waals surface area contributed by atoms with Crippen LogP contribution in [0.5, 0.6) is 17.2 Å². The summed E-state index contributed by atoms with van der Waals surface area (Å²) in [6.07, 6.45) is 5.12. The molecule has 0 saturated heterocycles. The van der Waals surface area contributed by atoms with Crippen LogP contribution in [0.4, 0.5) is 0 Å². The fourth-order valence-electron chi connectivity index (χ4n) is 7.03. The van der Waals surface area contributed by atoms with E-state index in [9.17, 15) is 9.59 Å². The van der Waals surface area contributed by atoms with Crippen molar-refractivity contribution in [2.24, 2.45) is 5.92 Å². The smallest absolute Gasteiger partial charge is 0.310 e. The van der Waals surface area contributed by atoms with Crippen molar-refractivity contribution in [1.29, 1.82) is 0 Å². The lowest BCUT2D eigenvalue weighted by Crippen LogP contribution is -2.64. The maximum atomic E-state index is 13.1. The molecule has 5 atom stereocenters. The van der Waals surface area contributed by atoms with Gasteiger partial charge in [-0.2, -0.15) is 0 Å². The van der Waals surface area contributed by atoms with Crippen LogP contribution in [0.15, 0.2) is 36.4 Å². The molecular weight excluding hydrogens is 446 g/mol. The molecule has 0 aromatic heterocycles. The molecule has 2 aliphatic carbocycles. The quantitative estimate of drug-likeness (QED) is 0.375. The van der Waals surface area contributed by atoms with Crippen LogP contribution >= 0.6 is 0 Å². The first kappa shape index (κ1) is 22.1. The number of likely N-dealkylation sites (N-methyl/N-ethyl adjacent to an activating group) is 1. The van der Waals surface area contributed by atoms with Crippen LogP contribution < -0.4 is 14.2 Å². The number of rotatable bonds is 5. The molecule has 0 amide bonds. The van der Waals surface area contributed by atoms with Gasteiger partial charge < -0.3 is 18.9 Å². The Balaban J connectivity index is 1.36. The van der Waals surface area contributed by atoms with E-state index in [4.69, 9.17) is 18.9 Å². The summed E-state index contributed by atoms with van der Waals surface area (Å²) in [4.78, 5) is 24.9. The number of carbonyl (C=O) groups is 2. The Morgan fingerprint density at radius 3 is 2.77 bits per heavy atom. The third kappa shape index (κ3) is 3.27. The zero-order valence-corrected chi connectivity index (χ0v) is 20.3. The van der Waals surface area contributed by atoms with Gasteiger partial charge >= 0.3 is 11.9 Å². The van der Waals surface area contributed by atoms with E-state index in [1.54, 1.807) is 7.11 Å². The summed E-state index contributed by atoms with van der Waals surface area (Å²) >= 11 is 0. The molecule has 0 N–H and O–H groups in total. The van der Waals surface area contributed by atoms with Gasteiger partial charge in [0, 0.05) is 36.8 Å². The maximum absolute atomic E-state index is 13.1. The zero-order chi connectivity index (χ0) is 24.3. The second kappa shape index (κ2) is 8.11. The second-order valence-corrected chi connectivity index (χ2v) is 10.1. The number of carbonyl (C=O) groups excluding carboxylic acids is 2. The SMILES string of the molecule is COc1ccccc1CC(=O)O[C@H]1CC[C@H]2[C@H]3Cc4ccc(OC(C)=O)c5c4[C@@]2(CC=[N+]3C)[C@H]1O5. The Morgan fingerprint density at radius 1 is 1.14 bits per heavy atom.